The number of aliphatic carboxylic acids is 1. The third kappa shape index (κ3) is 3.74. The number of carboxylic acid groups (broad SMARTS) is 1. The lowest BCUT2D eigenvalue weighted by Gasteiger charge is -2.34. The Kier molecular flexibility index (Phi) is 5.04. The summed E-state index contributed by atoms with van der Waals surface area (Å²) >= 11 is 6.00. The molecule has 1 aromatic carbocycles. The summed E-state index contributed by atoms with van der Waals surface area (Å²) in [7, 11) is 2.03. The highest BCUT2D eigenvalue weighted by Crippen LogP contribution is 2.28. The first-order valence-electron chi connectivity index (χ1n) is 6.59. The normalized spacial score (nSPS) is 16.5. The van der Waals surface area contributed by atoms with Crippen LogP contribution in [0.25, 0.3) is 6.08 Å². The van der Waals surface area contributed by atoms with Crippen molar-refractivity contribution in [2.45, 2.75) is 18.9 Å². The van der Waals surface area contributed by atoms with Crippen molar-refractivity contribution in [2.24, 2.45) is 0 Å². The van der Waals surface area contributed by atoms with E-state index in [4.69, 9.17) is 21.4 Å². The predicted molar refractivity (Wildman–Crippen MR) is 80.4 cm³/mol. The van der Waals surface area contributed by atoms with Gasteiger partial charge >= 0.3 is 5.97 Å². The SMILES string of the molecule is CN(c1ccc(Cl)cc1/C=C/C(=O)O)C1CCOCC1. The molecule has 20 heavy (non-hydrogen) atoms. The highest BCUT2D eigenvalue weighted by Gasteiger charge is 2.20. The quantitative estimate of drug-likeness (QED) is 0.868. The van der Waals surface area contributed by atoms with E-state index in [1.807, 2.05) is 19.2 Å². The van der Waals surface area contributed by atoms with Crippen LogP contribution in [-0.2, 0) is 9.53 Å². The van der Waals surface area contributed by atoms with Gasteiger partial charge in [0.15, 0.2) is 0 Å². The number of carbonyl (C=O) groups is 1. The predicted octanol–water partition coefficient (Wildman–Crippen LogP) is 3.05. The number of hydrogen-bond donors (Lipinski definition) is 1. The molecule has 0 spiro atoms. The summed E-state index contributed by atoms with van der Waals surface area (Å²) in [5, 5.41) is 9.37. The molecule has 0 unspecified atom stereocenters. The maximum atomic E-state index is 10.7. The molecule has 4 nitrogen and oxygen atoms in total. The second kappa shape index (κ2) is 6.77. The lowest BCUT2D eigenvalue weighted by atomic mass is 10.0. The summed E-state index contributed by atoms with van der Waals surface area (Å²) in [5.74, 6) is -0.968. The molecular weight excluding hydrogens is 278 g/mol. The van der Waals surface area contributed by atoms with Crippen molar-refractivity contribution in [2.75, 3.05) is 25.2 Å². The fourth-order valence-electron chi connectivity index (χ4n) is 2.41. The van der Waals surface area contributed by atoms with Gasteiger partial charge in [0.1, 0.15) is 0 Å². The fraction of sp³-hybridized carbons (Fsp3) is 0.400. The van der Waals surface area contributed by atoms with Gasteiger partial charge in [0.25, 0.3) is 0 Å². The van der Waals surface area contributed by atoms with Crippen LogP contribution < -0.4 is 4.90 Å². The second-order valence-corrected chi connectivity index (χ2v) is 5.27. The Morgan fingerprint density at radius 1 is 1.45 bits per heavy atom. The number of ether oxygens (including phenoxy) is 1. The van der Waals surface area contributed by atoms with Gasteiger partial charge in [0.05, 0.1) is 0 Å². The minimum Gasteiger partial charge on any atom is -0.478 e. The molecule has 1 aliphatic rings. The number of benzene rings is 1. The van der Waals surface area contributed by atoms with Gasteiger partial charge in [-0.05, 0) is 42.7 Å². The molecule has 1 aromatic rings. The minimum atomic E-state index is -0.968. The number of rotatable bonds is 4. The van der Waals surface area contributed by atoms with Crippen LogP contribution in [0, 0.1) is 0 Å². The first-order chi connectivity index (χ1) is 9.58. The summed E-state index contributed by atoms with van der Waals surface area (Å²) in [6.07, 6.45) is 4.66. The molecule has 108 valence electrons. The van der Waals surface area contributed by atoms with Gasteiger partial charge < -0.3 is 14.7 Å². The summed E-state index contributed by atoms with van der Waals surface area (Å²) in [4.78, 5) is 12.9. The van der Waals surface area contributed by atoms with Crippen LogP contribution in [0.5, 0.6) is 0 Å². The molecule has 1 heterocycles. The molecule has 0 saturated carbocycles. The van der Waals surface area contributed by atoms with Crippen LogP contribution in [-0.4, -0.2) is 37.4 Å². The summed E-state index contributed by atoms with van der Waals surface area (Å²) in [6, 6.07) is 5.94. The highest BCUT2D eigenvalue weighted by molar-refractivity contribution is 6.30. The fourth-order valence-corrected chi connectivity index (χ4v) is 2.59. The molecule has 1 aliphatic heterocycles. The molecule has 0 bridgehead atoms. The van der Waals surface area contributed by atoms with Crippen molar-refractivity contribution in [1.82, 2.24) is 0 Å². The Labute approximate surface area is 123 Å². The number of hydrogen-bond acceptors (Lipinski definition) is 3. The zero-order valence-corrected chi connectivity index (χ0v) is 12.1. The van der Waals surface area contributed by atoms with E-state index in [1.54, 1.807) is 12.1 Å². The second-order valence-electron chi connectivity index (χ2n) is 4.83. The van der Waals surface area contributed by atoms with Gasteiger partial charge in [0.2, 0.25) is 0 Å². The van der Waals surface area contributed by atoms with Crippen molar-refractivity contribution >= 4 is 29.3 Å². The lowest BCUT2D eigenvalue weighted by Crippen LogP contribution is -2.37. The molecular formula is C15H18ClNO3. The first-order valence-corrected chi connectivity index (χ1v) is 6.97. The van der Waals surface area contributed by atoms with E-state index in [1.165, 1.54) is 0 Å². The Bertz CT molecular complexity index is 510. The Hall–Kier alpha value is -1.52. The number of halogens is 1. The van der Waals surface area contributed by atoms with Crippen LogP contribution in [0.15, 0.2) is 24.3 Å². The van der Waals surface area contributed by atoms with Crippen LogP contribution in [0.1, 0.15) is 18.4 Å². The van der Waals surface area contributed by atoms with E-state index in [0.717, 1.165) is 43.4 Å². The van der Waals surface area contributed by atoms with E-state index in [0.29, 0.717) is 11.1 Å². The van der Waals surface area contributed by atoms with Crippen molar-refractivity contribution < 1.29 is 14.6 Å². The number of anilines is 1. The largest absolute Gasteiger partial charge is 0.478 e. The monoisotopic (exact) mass is 295 g/mol. The molecule has 2 rings (SSSR count). The minimum absolute atomic E-state index is 0.405. The van der Waals surface area contributed by atoms with Gasteiger partial charge in [-0.3, -0.25) is 0 Å². The Balaban J connectivity index is 2.27. The van der Waals surface area contributed by atoms with Crippen LogP contribution in [0.3, 0.4) is 0 Å². The van der Waals surface area contributed by atoms with Crippen LogP contribution >= 0.6 is 11.6 Å². The number of nitrogens with zero attached hydrogens (tertiary/aromatic N) is 1. The maximum absolute atomic E-state index is 10.7. The Morgan fingerprint density at radius 2 is 2.15 bits per heavy atom. The van der Waals surface area contributed by atoms with E-state index in [9.17, 15) is 4.79 Å². The summed E-state index contributed by atoms with van der Waals surface area (Å²) < 4.78 is 5.37. The third-order valence-corrected chi connectivity index (χ3v) is 3.75. The van der Waals surface area contributed by atoms with Crippen molar-refractivity contribution in [3.8, 4) is 0 Å². The van der Waals surface area contributed by atoms with E-state index >= 15 is 0 Å². The van der Waals surface area contributed by atoms with Gasteiger partial charge in [-0.1, -0.05) is 11.6 Å². The molecule has 1 fully saturated rings. The molecule has 1 N–H and O–H groups in total. The van der Waals surface area contributed by atoms with Crippen molar-refractivity contribution in [3.63, 3.8) is 0 Å². The summed E-state index contributed by atoms with van der Waals surface area (Å²) in [5.41, 5.74) is 1.80. The van der Waals surface area contributed by atoms with E-state index < -0.39 is 5.97 Å². The first kappa shape index (κ1) is 14.9. The molecule has 1 saturated heterocycles. The molecule has 0 amide bonds. The highest BCUT2D eigenvalue weighted by atomic mass is 35.5. The average Bonchev–Trinajstić information content (AvgIpc) is 2.45. The van der Waals surface area contributed by atoms with Gasteiger partial charge in [0, 0.05) is 43.1 Å². The topological polar surface area (TPSA) is 49.8 Å². The molecule has 0 aliphatic carbocycles. The van der Waals surface area contributed by atoms with Gasteiger partial charge in [-0.2, -0.15) is 0 Å². The zero-order valence-electron chi connectivity index (χ0n) is 11.4. The van der Waals surface area contributed by atoms with Gasteiger partial charge in [-0.15, -0.1) is 0 Å². The number of carboxylic acids is 1. The lowest BCUT2D eigenvalue weighted by molar-refractivity contribution is -0.131. The maximum Gasteiger partial charge on any atom is 0.328 e. The van der Waals surface area contributed by atoms with Crippen molar-refractivity contribution in [3.05, 3.63) is 34.9 Å². The molecule has 0 radical (unpaired) electrons. The average molecular weight is 296 g/mol. The molecule has 0 atom stereocenters. The smallest absolute Gasteiger partial charge is 0.328 e. The van der Waals surface area contributed by atoms with Crippen molar-refractivity contribution in [1.29, 1.82) is 0 Å². The van der Waals surface area contributed by atoms with Crippen LogP contribution in [0.2, 0.25) is 5.02 Å². The standard InChI is InChI=1S/C15H18ClNO3/c1-17(13-6-8-20-9-7-13)14-4-3-12(16)10-11(14)2-5-15(18)19/h2-5,10,13H,6-9H2,1H3,(H,18,19)/b5-2+. The summed E-state index contributed by atoms with van der Waals surface area (Å²) in [6.45, 7) is 1.53. The van der Waals surface area contributed by atoms with E-state index in [-0.39, 0.29) is 0 Å². The molecule has 0 aromatic heterocycles. The van der Waals surface area contributed by atoms with E-state index in [2.05, 4.69) is 4.90 Å². The van der Waals surface area contributed by atoms with Gasteiger partial charge in [-0.25, -0.2) is 4.79 Å². The third-order valence-electron chi connectivity index (χ3n) is 3.51. The van der Waals surface area contributed by atoms with Crippen LogP contribution in [0.4, 0.5) is 5.69 Å². The molecule has 5 heteroatoms. The Morgan fingerprint density at radius 3 is 2.80 bits per heavy atom. The zero-order chi connectivity index (χ0) is 14.5.